The largest absolute Gasteiger partial charge is 0.507 e. The van der Waals surface area contributed by atoms with Gasteiger partial charge in [-0.05, 0) is 11.5 Å². The summed E-state index contributed by atoms with van der Waals surface area (Å²) in [6.07, 6.45) is 0. The van der Waals surface area contributed by atoms with Gasteiger partial charge in [0.2, 0.25) is 0 Å². The fraction of sp³-hybridized carbons (Fsp3) is 0. The van der Waals surface area contributed by atoms with Gasteiger partial charge in [0.15, 0.2) is 5.43 Å². The minimum atomic E-state index is -0.0197. The van der Waals surface area contributed by atoms with Crippen molar-refractivity contribution in [2.24, 2.45) is 0 Å². The van der Waals surface area contributed by atoms with E-state index in [-0.39, 0.29) is 11.2 Å². The molecule has 3 aromatic rings. The van der Waals surface area contributed by atoms with Crippen LogP contribution in [0.15, 0.2) is 35.1 Å². The number of phenolic OH excluding ortho intramolecular Hbond substituents is 1. The van der Waals surface area contributed by atoms with Crippen LogP contribution in [-0.2, 0) is 0 Å². The second-order valence-corrected chi connectivity index (χ2v) is 3.20. The molecule has 1 N–H and O–H groups in total. The van der Waals surface area contributed by atoms with E-state index >= 15 is 0 Å². The molecule has 0 aliphatic rings. The number of hydrogen-bond acceptors (Lipinski definition) is 2. The van der Waals surface area contributed by atoms with Gasteiger partial charge in [0.1, 0.15) is 5.75 Å². The number of phenols is 1. The van der Waals surface area contributed by atoms with Crippen LogP contribution in [-0.4, -0.2) is 5.11 Å². The first-order valence-corrected chi connectivity index (χ1v) is 4.08. The van der Waals surface area contributed by atoms with Crippen LogP contribution in [0.2, 0.25) is 0 Å². The van der Waals surface area contributed by atoms with Crippen LogP contribution >= 0.6 is 0 Å². The molecule has 3 aromatic carbocycles. The lowest BCUT2D eigenvalue weighted by Crippen LogP contribution is -1.70. The van der Waals surface area contributed by atoms with Crippen molar-refractivity contribution in [3.63, 3.8) is 0 Å². The molecule has 0 radical (unpaired) electrons. The lowest BCUT2D eigenvalue weighted by Gasteiger charge is -1.96. The zero-order valence-electron chi connectivity index (χ0n) is 6.74. The monoisotopic (exact) mass is 170 g/mol. The fourth-order valence-corrected chi connectivity index (χ4v) is 1.69. The molecule has 0 atom stereocenters. The Hall–Kier alpha value is -1.83. The van der Waals surface area contributed by atoms with E-state index in [2.05, 4.69) is 0 Å². The molecule has 0 aliphatic carbocycles. The van der Waals surface area contributed by atoms with Crippen LogP contribution in [0, 0.1) is 0 Å². The average molecular weight is 170 g/mol. The molecular weight excluding hydrogens is 164 g/mol. The Morgan fingerprint density at radius 1 is 1.08 bits per heavy atom. The lowest BCUT2D eigenvalue weighted by atomic mass is 10.1. The fourth-order valence-electron chi connectivity index (χ4n) is 1.69. The first-order chi connectivity index (χ1) is 6.29. The number of aromatic hydroxyl groups is 1. The van der Waals surface area contributed by atoms with E-state index in [4.69, 9.17) is 0 Å². The van der Waals surface area contributed by atoms with Gasteiger partial charge in [-0.2, -0.15) is 0 Å². The van der Waals surface area contributed by atoms with Crippen LogP contribution < -0.4 is 5.43 Å². The highest BCUT2D eigenvalue weighted by Gasteiger charge is 2.18. The predicted octanol–water partition coefficient (Wildman–Crippen LogP) is 1.93. The summed E-state index contributed by atoms with van der Waals surface area (Å²) < 4.78 is 0. The van der Waals surface area contributed by atoms with Crippen molar-refractivity contribution in [1.82, 2.24) is 0 Å². The quantitative estimate of drug-likeness (QED) is 0.559. The predicted molar refractivity (Wildman–Crippen MR) is 51.8 cm³/mol. The Bertz CT molecular complexity index is 628. The maximum absolute atomic E-state index is 11.1. The zero-order valence-corrected chi connectivity index (χ0v) is 6.74. The van der Waals surface area contributed by atoms with E-state index < -0.39 is 0 Å². The Kier molecular flexibility index (Phi) is 0.978. The van der Waals surface area contributed by atoms with Crippen molar-refractivity contribution in [3.8, 4) is 5.75 Å². The number of benzene rings is 2. The molecule has 0 fully saturated rings. The van der Waals surface area contributed by atoms with Crippen LogP contribution in [0.1, 0.15) is 0 Å². The minimum absolute atomic E-state index is 0.0197. The first-order valence-electron chi connectivity index (χ1n) is 4.08. The summed E-state index contributed by atoms with van der Waals surface area (Å²) in [5.41, 5.74) is -0.0197. The molecular formula is C11H6O2. The molecule has 0 aromatic heterocycles. The summed E-state index contributed by atoms with van der Waals surface area (Å²) in [4.78, 5) is 11.1. The highest BCUT2D eigenvalue weighted by molar-refractivity contribution is 6.12. The van der Waals surface area contributed by atoms with Crippen molar-refractivity contribution in [2.75, 3.05) is 0 Å². The molecule has 62 valence electrons. The highest BCUT2D eigenvalue weighted by atomic mass is 16.3. The summed E-state index contributed by atoms with van der Waals surface area (Å²) in [7, 11) is 0. The summed E-state index contributed by atoms with van der Waals surface area (Å²) >= 11 is 0. The third-order valence-corrected chi connectivity index (χ3v) is 2.43. The molecule has 2 nitrogen and oxygen atoms in total. The van der Waals surface area contributed by atoms with E-state index in [1.807, 2.05) is 30.3 Å². The summed E-state index contributed by atoms with van der Waals surface area (Å²) in [6, 6.07) is 9.27. The number of fused-ring (bicyclic) bond motifs is 2. The van der Waals surface area contributed by atoms with Crippen molar-refractivity contribution in [2.45, 2.75) is 0 Å². The highest BCUT2D eigenvalue weighted by Crippen LogP contribution is 2.34. The molecule has 0 bridgehead atoms. The van der Waals surface area contributed by atoms with Gasteiger partial charge in [0.05, 0.1) is 5.39 Å². The van der Waals surface area contributed by atoms with Gasteiger partial charge >= 0.3 is 0 Å². The summed E-state index contributed by atoms with van der Waals surface area (Å²) in [5.74, 6) is 0.137. The molecule has 0 aliphatic heterocycles. The topological polar surface area (TPSA) is 37.3 Å². The second kappa shape index (κ2) is 1.91. The lowest BCUT2D eigenvalue weighted by molar-refractivity contribution is 0.488. The Morgan fingerprint density at radius 3 is 2.69 bits per heavy atom. The molecule has 0 heterocycles. The number of hydrogen-bond donors (Lipinski definition) is 1. The third kappa shape index (κ3) is 0.699. The summed E-state index contributed by atoms with van der Waals surface area (Å²) in [5, 5.41) is 12.5. The van der Waals surface area contributed by atoms with E-state index in [9.17, 15) is 9.90 Å². The molecule has 13 heavy (non-hydrogen) atoms. The van der Waals surface area contributed by atoms with Crippen molar-refractivity contribution in [3.05, 3.63) is 40.6 Å². The van der Waals surface area contributed by atoms with Gasteiger partial charge in [0, 0.05) is 10.8 Å². The van der Waals surface area contributed by atoms with Crippen LogP contribution in [0.3, 0.4) is 0 Å². The standard InChI is InChI=1S/C11H6O2/c12-10-7-4-2-1-3-6(7)5-8-9(10)11(8)13/h1-5,12H. The molecule has 2 heteroatoms. The molecule has 0 amide bonds. The Labute approximate surface area is 73.7 Å². The van der Waals surface area contributed by atoms with Crippen LogP contribution in [0.4, 0.5) is 0 Å². The molecule has 0 saturated heterocycles. The van der Waals surface area contributed by atoms with Gasteiger partial charge in [-0.15, -0.1) is 0 Å². The minimum Gasteiger partial charge on any atom is -0.507 e. The van der Waals surface area contributed by atoms with Gasteiger partial charge < -0.3 is 5.11 Å². The van der Waals surface area contributed by atoms with E-state index in [0.717, 1.165) is 10.8 Å². The van der Waals surface area contributed by atoms with E-state index in [1.54, 1.807) is 0 Å². The van der Waals surface area contributed by atoms with Gasteiger partial charge in [-0.3, -0.25) is 4.79 Å². The average Bonchev–Trinajstić information content (AvgIpc) is 2.78. The maximum Gasteiger partial charge on any atom is 0.198 e. The first kappa shape index (κ1) is 6.66. The van der Waals surface area contributed by atoms with Crippen molar-refractivity contribution >= 4 is 21.5 Å². The Morgan fingerprint density at radius 2 is 1.85 bits per heavy atom. The SMILES string of the molecule is O=c1c2cc3ccccc3c(O)c12. The molecule has 0 saturated carbocycles. The van der Waals surface area contributed by atoms with E-state index in [1.165, 1.54) is 0 Å². The number of rotatable bonds is 0. The third-order valence-electron chi connectivity index (χ3n) is 2.43. The zero-order chi connectivity index (χ0) is 9.00. The molecule has 0 unspecified atom stereocenters. The molecule has 0 spiro atoms. The second-order valence-electron chi connectivity index (χ2n) is 3.20. The smallest absolute Gasteiger partial charge is 0.198 e. The van der Waals surface area contributed by atoms with Crippen molar-refractivity contribution in [1.29, 1.82) is 0 Å². The van der Waals surface area contributed by atoms with Crippen molar-refractivity contribution < 1.29 is 5.11 Å². The van der Waals surface area contributed by atoms with Gasteiger partial charge in [-0.25, -0.2) is 0 Å². The van der Waals surface area contributed by atoms with Gasteiger partial charge in [-0.1, -0.05) is 24.3 Å². The van der Waals surface area contributed by atoms with Crippen LogP contribution in [0.25, 0.3) is 21.5 Å². The van der Waals surface area contributed by atoms with Gasteiger partial charge in [0.25, 0.3) is 0 Å². The Balaban J connectivity index is 2.65. The maximum atomic E-state index is 11.1. The molecule has 3 rings (SSSR count). The van der Waals surface area contributed by atoms with Crippen LogP contribution in [0.5, 0.6) is 5.75 Å². The normalized spacial score (nSPS) is 11.7. The van der Waals surface area contributed by atoms with E-state index in [0.29, 0.717) is 10.8 Å². The summed E-state index contributed by atoms with van der Waals surface area (Å²) in [6.45, 7) is 0.